The molecule has 29 heavy (non-hydrogen) atoms. The lowest BCUT2D eigenvalue weighted by molar-refractivity contribution is 0.147. The van der Waals surface area contributed by atoms with Crippen LogP contribution in [0.5, 0.6) is 0 Å². The summed E-state index contributed by atoms with van der Waals surface area (Å²) in [6.07, 6.45) is 0.497. The molecule has 0 aromatic heterocycles. The van der Waals surface area contributed by atoms with Crippen molar-refractivity contribution in [2.75, 3.05) is 17.3 Å². The van der Waals surface area contributed by atoms with Crippen LogP contribution in [0.2, 0.25) is 0 Å². The number of anilines is 1. The highest BCUT2D eigenvalue weighted by Gasteiger charge is 2.27. The molecule has 5 nitrogen and oxygen atoms in total. The first kappa shape index (κ1) is 21.5. The van der Waals surface area contributed by atoms with Crippen LogP contribution in [0.25, 0.3) is 0 Å². The zero-order valence-corrected chi connectivity index (χ0v) is 18.4. The number of carbonyl (C=O) groups is 1. The van der Waals surface area contributed by atoms with Crippen LogP contribution >= 0.6 is 0 Å². The molecule has 2 aromatic carbocycles. The molecule has 2 aromatic rings. The van der Waals surface area contributed by atoms with E-state index in [4.69, 9.17) is 4.74 Å². The first-order chi connectivity index (χ1) is 13.8. The molecule has 0 fully saturated rings. The van der Waals surface area contributed by atoms with Crippen molar-refractivity contribution in [1.29, 1.82) is 0 Å². The molecule has 1 amide bonds. The number of nitrogens with one attached hydrogen (secondary N) is 1. The largest absolute Gasteiger partial charge is 0.444 e. The Morgan fingerprint density at radius 2 is 1.93 bits per heavy atom. The first-order valence-corrected chi connectivity index (χ1v) is 11.3. The van der Waals surface area contributed by atoms with Gasteiger partial charge >= 0.3 is 6.09 Å². The van der Waals surface area contributed by atoms with Gasteiger partial charge in [-0.2, -0.15) is 0 Å². The van der Waals surface area contributed by atoms with Gasteiger partial charge in [-0.1, -0.05) is 42.5 Å². The Hall–Kier alpha value is -2.18. The molecule has 2 atom stereocenters. The molecule has 0 radical (unpaired) electrons. The number of nitrogens with zero attached hydrogens (tertiary/aromatic N) is 1. The highest BCUT2D eigenvalue weighted by molar-refractivity contribution is 7.86. The van der Waals surface area contributed by atoms with Gasteiger partial charge in [0, 0.05) is 28.1 Å². The third-order valence-electron chi connectivity index (χ3n) is 5.13. The summed E-state index contributed by atoms with van der Waals surface area (Å²) in [6, 6.07) is 15.9. The second-order valence-electron chi connectivity index (χ2n) is 8.36. The molecule has 156 valence electrons. The van der Waals surface area contributed by atoms with Crippen molar-refractivity contribution in [3.8, 4) is 0 Å². The van der Waals surface area contributed by atoms with Gasteiger partial charge in [0.2, 0.25) is 0 Å². The summed E-state index contributed by atoms with van der Waals surface area (Å²) in [6.45, 7) is 8.92. The normalized spacial score (nSPS) is 15.7. The van der Waals surface area contributed by atoms with Crippen molar-refractivity contribution < 1.29 is 13.7 Å². The average Bonchev–Trinajstić information content (AvgIpc) is 3.13. The van der Waals surface area contributed by atoms with Crippen LogP contribution in [-0.4, -0.2) is 27.5 Å². The molecule has 1 heterocycles. The maximum absolute atomic E-state index is 12.5. The van der Waals surface area contributed by atoms with E-state index in [-0.39, 0.29) is 23.5 Å². The average molecular weight is 415 g/mol. The van der Waals surface area contributed by atoms with E-state index in [1.165, 1.54) is 0 Å². The number of benzene rings is 2. The molecule has 0 saturated carbocycles. The Labute approximate surface area is 175 Å². The quantitative estimate of drug-likeness (QED) is 0.754. The summed E-state index contributed by atoms with van der Waals surface area (Å²) >= 11 is 0. The number of ether oxygens (including phenoxy) is 1. The Bertz CT molecular complexity index is 877. The Balaban J connectivity index is 1.60. The second kappa shape index (κ2) is 9.09. The van der Waals surface area contributed by atoms with E-state index in [2.05, 4.69) is 18.3 Å². The van der Waals surface area contributed by atoms with E-state index in [0.29, 0.717) is 12.4 Å². The summed E-state index contributed by atoms with van der Waals surface area (Å²) in [5.74, 6) is 0.458. The van der Waals surface area contributed by atoms with E-state index in [0.717, 1.165) is 28.8 Å². The van der Waals surface area contributed by atoms with E-state index in [1.807, 2.05) is 63.2 Å². The lowest BCUT2D eigenvalue weighted by atomic mass is 10.0. The van der Waals surface area contributed by atoms with Crippen LogP contribution in [0.15, 0.2) is 48.5 Å². The number of carbonyl (C=O) groups excluding carboxylic acids is 1. The number of amides is 1. The predicted molar refractivity (Wildman–Crippen MR) is 118 cm³/mol. The molecule has 0 saturated heterocycles. The fourth-order valence-electron chi connectivity index (χ4n) is 3.21. The van der Waals surface area contributed by atoms with E-state index < -0.39 is 10.8 Å². The van der Waals surface area contributed by atoms with Crippen molar-refractivity contribution >= 4 is 22.6 Å². The highest BCUT2D eigenvalue weighted by Crippen LogP contribution is 2.31. The predicted octanol–water partition coefficient (Wildman–Crippen LogP) is 4.54. The molecule has 3 rings (SSSR count). The van der Waals surface area contributed by atoms with Crippen molar-refractivity contribution in [3.63, 3.8) is 0 Å². The number of hydrogen-bond donors (Lipinski definition) is 1. The maximum Gasteiger partial charge on any atom is 0.414 e. The molecule has 0 aliphatic carbocycles. The van der Waals surface area contributed by atoms with Gasteiger partial charge in [0.1, 0.15) is 6.61 Å². The molecule has 0 bridgehead atoms. The number of fused-ring (bicyclic) bond motifs is 1. The molecular weight excluding hydrogens is 384 g/mol. The minimum Gasteiger partial charge on any atom is -0.444 e. The van der Waals surface area contributed by atoms with Gasteiger partial charge in [-0.15, -0.1) is 0 Å². The van der Waals surface area contributed by atoms with Crippen LogP contribution in [0, 0.1) is 0 Å². The van der Waals surface area contributed by atoms with Crippen LogP contribution < -0.4 is 10.2 Å². The zero-order chi connectivity index (χ0) is 21.0. The standard InChI is InChI=1S/C23H30N2O3S/c1-17(24-16-29(27)23(2,3)4)19-10-11-21-20(14-19)12-13-25(21)22(26)28-15-18-8-6-5-7-9-18/h5-11,14,17,24H,12-13,15-16H2,1-4H3/t17-,29+/m1/s1. The van der Waals surface area contributed by atoms with E-state index in [1.54, 1.807) is 4.90 Å². The summed E-state index contributed by atoms with van der Waals surface area (Å²) in [5.41, 5.74) is 4.17. The molecule has 1 N–H and O–H groups in total. The van der Waals surface area contributed by atoms with Crippen LogP contribution in [-0.2, 0) is 28.6 Å². The van der Waals surface area contributed by atoms with Gasteiger partial charge < -0.3 is 4.74 Å². The third kappa shape index (κ3) is 5.46. The monoisotopic (exact) mass is 414 g/mol. The Morgan fingerprint density at radius 1 is 1.21 bits per heavy atom. The summed E-state index contributed by atoms with van der Waals surface area (Å²) in [7, 11) is -0.942. The minimum atomic E-state index is -0.942. The Kier molecular flexibility index (Phi) is 6.75. The zero-order valence-electron chi connectivity index (χ0n) is 17.6. The van der Waals surface area contributed by atoms with Crippen molar-refractivity contribution in [2.24, 2.45) is 0 Å². The number of hydrogen-bond acceptors (Lipinski definition) is 4. The van der Waals surface area contributed by atoms with Crippen LogP contribution in [0.1, 0.15) is 50.4 Å². The third-order valence-corrected chi connectivity index (χ3v) is 6.92. The fourth-order valence-corrected chi connectivity index (χ4v) is 4.05. The van der Waals surface area contributed by atoms with Crippen molar-refractivity contribution in [3.05, 3.63) is 65.2 Å². The summed E-state index contributed by atoms with van der Waals surface area (Å²) < 4.78 is 17.5. The summed E-state index contributed by atoms with van der Waals surface area (Å²) in [5, 5.41) is 3.36. The van der Waals surface area contributed by atoms with Crippen LogP contribution in [0.4, 0.5) is 10.5 Å². The second-order valence-corrected chi connectivity index (χ2v) is 10.6. The van der Waals surface area contributed by atoms with Gasteiger partial charge in [-0.05, 0) is 56.9 Å². The lowest BCUT2D eigenvalue weighted by Crippen LogP contribution is -2.32. The van der Waals surface area contributed by atoms with Crippen molar-refractivity contribution in [2.45, 2.75) is 51.5 Å². The molecule has 0 unspecified atom stereocenters. The van der Waals surface area contributed by atoms with E-state index in [9.17, 15) is 9.00 Å². The smallest absolute Gasteiger partial charge is 0.414 e. The van der Waals surface area contributed by atoms with Gasteiger partial charge in [0.05, 0.1) is 11.6 Å². The number of rotatable bonds is 6. The van der Waals surface area contributed by atoms with Crippen LogP contribution in [0.3, 0.4) is 0 Å². The molecular formula is C23H30N2O3S. The maximum atomic E-state index is 12.5. The Morgan fingerprint density at radius 3 is 2.62 bits per heavy atom. The summed E-state index contributed by atoms with van der Waals surface area (Å²) in [4.78, 5) is 14.2. The lowest BCUT2D eigenvalue weighted by Gasteiger charge is -2.21. The fraction of sp³-hybridized carbons (Fsp3) is 0.435. The molecule has 0 spiro atoms. The SMILES string of the molecule is C[C@@H](NC[S@](=O)C(C)(C)C)c1ccc2c(c1)CCN2C(=O)OCc1ccccc1. The topological polar surface area (TPSA) is 58.6 Å². The minimum absolute atomic E-state index is 0.0886. The van der Waals surface area contributed by atoms with Gasteiger partial charge in [-0.3, -0.25) is 14.4 Å². The molecule has 6 heteroatoms. The highest BCUT2D eigenvalue weighted by atomic mass is 32.2. The van der Waals surface area contributed by atoms with E-state index >= 15 is 0 Å². The van der Waals surface area contributed by atoms with Gasteiger partial charge in [0.25, 0.3) is 0 Å². The van der Waals surface area contributed by atoms with Crippen molar-refractivity contribution in [1.82, 2.24) is 5.32 Å². The van der Waals surface area contributed by atoms with Gasteiger partial charge in [-0.25, -0.2) is 4.79 Å². The molecule has 1 aliphatic rings. The van der Waals surface area contributed by atoms with Gasteiger partial charge in [0.15, 0.2) is 0 Å². The molecule has 1 aliphatic heterocycles. The first-order valence-electron chi connectivity index (χ1n) is 9.98.